The number of fused-ring (bicyclic) bond motifs is 1. The van der Waals surface area contributed by atoms with Gasteiger partial charge in [-0.15, -0.1) is 0 Å². The minimum absolute atomic E-state index is 0.354. The fraction of sp³-hybridized carbons (Fsp3) is 0.643. The van der Waals surface area contributed by atoms with Crippen molar-refractivity contribution < 1.29 is 20.1 Å². The zero-order valence-electron chi connectivity index (χ0n) is 12.8. The van der Waals surface area contributed by atoms with E-state index in [1.807, 2.05) is 11.8 Å². The molecule has 5 atom stereocenters. The Morgan fingerprint density at radius 1 is 1.29 bits per heavy atom. The molecule has 4 heterocycles. The van der Waals surface area contributed by atoms with Gasteiger partial charge in [0.1, 0.15) is 24.6 Å². The Morgan fingerprint density at radius 3 is 2.88 bits per heavy atom. The lowest BCUT2D eigenvalue weighted by atomic mass is 10.1. The van der Waals surface area contributed by atoms with E-state index in [4.69, 9.17) is 4.74 Å². The molecule has 2 aromatic heterocycles. The van der Waals surface area contributed by atoms with Crippen LogP contribution in [0.4, 0.5) is 5.82 Å². The Morgan fingerprint density at radius 2 is 2.17 bits per heavy atom. The van der Waals surface area contributed by atoms with Crippen molar-refractivity contribution in [3.8, 4) is 0 Å². The number of nitrogens with one attached hydrogen (secondary N) is 1. The van der Waals surface area contributed by atoms with Crippen molar-refractivity contribution >= 4 is 28.7 Å². The molecule has 2 saturated heterocycles. The molecule has 4 rings (SSSR count). The second-order valence-electron chi connectivity index (χ2n) is 5.98. The van der Waals surface area contributed by atoms with Gasteiger partial charge in [-0.25, -0.2) is 15.0 Å². The summed E-state index contributed by atoms with van der Waals surface area (Å²) in [6, 6.07) is 0.354. The summed E-state index contributed by atoms with van der Waals surface area (Å²) in [4.78, 5) is 12.9. The maximum atomic E-state index is 10.2. The number of hydrogen-bond donors (Lipinski definition) is 4. The molecule has 0 amide bonds. The molecule has 0 aliphatic carbocycles. The van der Waals surface area contributed by atoms with Crippen molar-refractivity contribution in [3.05, 3.63) is 12.7 Å². The predicted octanol–water partition coefficient (Wildman–Crippen LogP) is -0.645. The molecule has 10 heteroatoms. The quantitative estimate of drug-likeness (QED) is 0.567. The molecule has 0 spiro atoms. The van der Waals surface area contributed by atoms with Crippen LogP contribution in [-0.2, 0) is 4.74 Å². The molecule has 4 N–H and O–H groups in total. The summed E-state index contributed by atoms with van der Waals surface area (Å²) in [7, 11) is 0. The van der Waals surface area contributed by atoms with E-state index in [0.717, 1.165) is 17.9 Å². The van der Waals surface area contributed by atoms with Crippen molar-refractivity contribution in [1.82, 2.24) is 19.5 Å². The van der Waals surface area contributed by atoms with Crippen LogP contribution in [0.1, 0.15) is 12.6 Å². The maximum absolute atomic E-state index is 10.2. The van der Waals surface area contributed by atoms with Gasteiger partial charge in [-0.05, 0) is 12.2 Å². The molecule has 2 aromatic rings. The van der Waals surface area contributed by atoms with Gasteiger partial charge in [0.05, 0.1) is 12.9 Å². The molecule has 24 heavy (non-hydrogen) atoms. The standard InChI is InChI=1S/C14H19N5O4S/c20-3-8-10(21)11(22)14(23-8)19-6-17-9-12(15-5-16-13(9)19)18-7-1-2-24-4-7/h5-8,10-11,14,20-22H,1-4H2,(H,15,16,18)/t7?,8-,10-,11-,14-/m1/s1. The third-order valence-electron chi connectivity index (χ3n) is 4.42. The Balaban J connectivity index is 1.65. The highest BCUT2D eigenvalue weighted by Crippen LogP contribution is 2.32. The molecule has 2 aliphatic rings. The SMILES string of the molecule is OC[C@H]1O[C@@H](n2cnc3c(NC4CCSC4)ncnc32)[C@H](O)[C@@H]1O. The number of aliphatic hydroxyl groups excluding tert-OH is 3. The number of thioether (sulfide) groups is 1. The fourth-order valence-electron chi connectivity index (χ4n) is 3.10. The molecule has 130 valence electrons. The van der Waals surface area contributed by atoms with Crippen molar-refractivity contribution in [2.75, 3.05) is 23.4 Å². The Bertz CT molecular complexity index is 722. The lowest BCUT2D eigenvalue weighted by molar-refractivity contribution is -0.0511. The summed E-state index contributed by atoms with van der Waals surface area (Å²) in [6.45, 7) is -0.373. The van der Waals surface area contributed by atoms with Crippen LogP contribution >= 0.6 is 11.8 Å². The van der Waals surface area contributed by atoms with Gasteiger partial charge in [0, 0.05) is 11.8 Å². The topological polar surface area (TPSA) is 126 Å². The summed E-state index contributed by atoms with van der Waals surface area (Å²) >= 11 is 1.90. The van der Waals surface area contributed by atoms with Crippen LogP contribution in [0.3, 0.4) is 0 Å². The van der Waals surface area contributed by atoms with Gasteiger partial charge >= 0.3 is 0 Å². The van der Waals surface area contributed by atoms with Crippen LogP contribution in [0, 0.1) is 0 Å². The normalized spacial score (nSPS) is 33.4. The van der Waals surface area contributed by atoms with E-state index in [1.165, 1.54) is 12.7 Å². The smallest absolute Gasteiger partial charge is 0.167 e. The highest BCUT2D eigenvalue weighted by Gasteiger charge is 2.44. The van der Waals surface area contributed by atoms with Crippen LogP contribution in [0.25, 0.3) is 11.2 Å². The average molecular weight is 353 g/mol. The Kier molecular flexibility index (Phi) is 4.31. The predicted molar refractivity (Wildman–Crippen MR) is 87.7 cm³/mol. The van der Waals surface area contributed by atoms with Crippen LogP contribution < -0.4 is 5.32 Å². The van der Waals surface area contributed by atoms with Gasteiger partial charge in [0.25, 0.3) is 0 Å². The second-order valence-corrected chi connectivity index (χ2v) is 7.13. The monoisotopic (exact) mass is 353 g/mol. The van der Waals surface area contributed by atoms with Gasteiger partial charge in [-0.1, -0.05) is 0 Å². The summed E-state index contributed by atoms with van der Waals surface area (Å²) in [5.74, 6) is 2.81. The van der Waals surface area contributed by atoms with Gasteiger partial charge in [0.2, 0.25) is 0 Å². The number of rotatable bonds is 4. The molecule has 2 fully saturated rings. The zero-order chi connectivity index (χ0) is 16.7. The number of ether oxygens (including phenoxy) is 1. The van der Waals surface area contributed by atoms with E-state index in [1.54, 1.807) is 4.57 Å². The van der Waals surface area contributed by atoms with Crippen molar-refractivity contribution in [2.24, 2.45) is 0 Å². The van der Waals surface area contributed by atoms with E-state index in [0.29, 0.717) is 23.0 Å². The first-order valence-electron chi connectivity index (χ1n) is 7.83. The van der Waals surface area contributed by atoms with E-state index in [-0.39, 0.29) is 6.61 Å². The molecule has 2 aliphatic heterocycles. The largest absolute Gasteiger partial charge is 0.394 e. The molecule has 0 aromatic carbocycles. The number of aliphatic hydroxyl groups is 3. The van der Waals surface area contributed by atoms with E-state index in [9.17, 15) is 15.3 Å². The van der Waals surface area contributed by atoms with Crippen molar-refractivity contribution in [2.45, 2.75) is 37.0 Å². The zero-order valence-corrected chi connectivity index (χ0v) is 13.6. The van der Waals surface area contributed by atoms with Crippen LogP contribution in [0.5, 0.6) is 0 Å². The van der Waals surface area contributed by atoms with E-state index in [2.05, 4.69) is 20.3 Å². The minimum Gasteiger partial charge on any atom is -0.394 e. The molecule has 1 unspecified atom stereocenters. The molecule has 0 bridgehead atoms. The van der Waals surface area contributed by atoms with Crippen molar-refractivity contribution in [3.63, 3.8) is 0 Å². The number of anilines is 1. The Hall–Kier alpha value is -1.46. The first-order valence-corrected chi connectivity index (χ1v) is 8.98. The highest BCUT2D eigenvalue weighted by atomic mass is 32.2. The summed E-state index contributed by atoms with van der Waals surface area (Å²) in [5, 5.41) is 32.7. The molecule has 9 nitrogen and oxygen atoms in total. The molecule has 0 radical (unpaired) electrons. The maximum Gasteiger partial charge on any atom is 0.167 e. The number of nitrogens with zero attached hydrogens (tertiary/aromatic N) is 4. The second kappa shape index (κ2) is 6.45. The van der Waals surface area contributed by atoms with E-state index >= 15 is 0 Å². The molecular formula is C14H19N5O4S. The average Bonchev–Trinajstić information content (AvgIpc) is 3.30. The van der Waals surface area contributed by atoms with Crippen LogP contribution in [-0.4, -0.2) is 77.3 Å². The molecule has 0 saturated carbocycles. The van der Waals surface area contributed by atoms with Crippen molar-refractivity contribution in [1.29, 1.82) is 0 Å². The number of hydrogen-bond acceptors (Lipinski definition) is 9. The molecular weight excluding hydrogens is 334 g/mol. The highest BCUT2D eigenvalue weighted by molar-refractivity contribution is 7.99. The fourth-order valence-corrected chi connectivity index (χ4v) is 4.25. The van der Waals surface area contributed by atoms with E-state index < -0.39 is 24.5 Å². The van der Waals surface area contributed by atoms with Gasteiger partial charge in [-0.3, -0.25) is 4.57 Å². The lowest BCUT2D eigenvalue weighted by Gasteiger charge is -2.17. The third kappa shape index (κ3) is 2.64. The summed E-state index contributed by atoms with van der Waals surface area (Å²) in [6.07, 6.45) is 0.000496. The third-order valence-corrected chi connectivity index (χ3v) is 5.58. The summed E-state index contributed by atoms with van der Waals surface area (Å²) < 4.78 is 7.11. The lowest BCUT2D eigenvalue weighted by Crippen LogP contribution is -2.33. The van der Waals surface area contributed by atoms with Gasteiger partial charge in [-0.2, -0.15) is 11.8 Å². The number of aromatic nitrogens is 4. The summed E-state index contributed by atoms with van der Waals surface area (Å²) in [5.41, 5.74) is 1.10. The number of imidazole rings is 1. The van der Waals surface area contributed by atoms with Crippen LogP contribution in [0.15, 0.2) is 12.7 Å². The Labute approximate surface area is 142 Å². The van der Waals surface area contributed by atoms with Gasteiger partial charge < -0.3 is 25.4 Å². The van der Waals surface area contributed by atoms with Gasteiger partial charge in [0.15, 0.2) is 23.2 Å². The minimum atomic E-state index is -1.17. The first kappa shape index (κ1) is 16.0. The van der Waals surface area contributed by atoms with Crippen LogP contribution in [0.2, 0.25) is 0 Å². The first-order chi connectivity index (χ1) is 11.7.